The van der Waals surface area contributed by atoms with Gasteiger partial charge in [-0.2, -0.15) is 0 Å². The second-order valence-electron chi connectivity index (χ2n) is 5.55. The molecule has 0 atom stereocenters. The van der Waals surface area contributed by atoms with Crippen LogP contribution in [0.2, 0.25) is 0 Å². The van der Waals surface area contributed by atoms with Crippen LogP contribution in [-0.2, 0) is 11.2 Å². The number of thiazole rings is 1. The molecule has 0 radical (unpaired) electrons. The van der Waals surface area contributed by atoms with Crippen LogP contribution in [0.25, 0.3) is 10.2 Å². The van der Waals surface area contributed by atoms with Gasteiger partial charge in [0.25, 0.3) is 5.91 Å². The molecule has 3 rings (SSSR count). The molecule has 0 bridgehead atoms. The Morgan fingerprint density at radius 3 is 2.48 bits per heavy atom. The molecule has 0 saturated heterocycles. The van der Waals surface area contributed by atoms with Gasteiger partial charge in [-0.3, -0.25) is 9.59 Å². The molecule has 6 heteroatoms. The highest BCUT2D eigenvalue weighted by molar-refractivity contribution is 7.18. The maximum Gasteiger partial charge on any atom is 0.251 e. The van der Waals surface area contributed by atoms with Crippen molar-refractivity contribution in [3.63, 3.8) is 0 Å². The number of carbonyl (C=O) groups excluding carboxylic acids is 2. The van der Waals surface area contributed by atoms with Gasteiger partial charge in [-0.15, -0.1) is 11.3 Å². The number of hydrogen-bond donors (Lipinski definition) is 2. The number of nitrogens with one attached hydrogen (secondary N) is 2. The fraction of sp³-hybridized carbons (Fsp3) is 0.211. The summed E-state index contributed by atoms with van der Waals surface area (Å²) in [5, 5.41) is 6.62. The summed E-state index contributed by atoms with van der Waals surface area (Å²) in [6, 6.07) is 17.0. The van der Waals surface area contributed by atoms with E-state index in [-0.39, 0.29) is 18.2 Å². The van der Waals surface area contributed by atoms with E-state index in [2.05, 4.69) is 15.6 Å². The van der Waals surface area contributed by atoms with Crippen molar-refractivity contribution in [1.29, 1.82) is 0 Å². The molecule has 5 nitrogen and oxygen atoms in total. The summed E-state index contributed by atoms with van der Waals surface area (Å²) in [6.45, 7) is 0.867. The third-order valence-electron chi connectivity index (χ3n) is 3.67. The van der Waals surface area contributed by atoms with Gasteiger partial charge in [-0.05, 0) is 24.3 Å². The van der Waals surface area contributed by atoms with Crippen LogP contribution in [0.5, 0.6) is 0 Å². The number of fused-ring (bicyclic) bond motifs is 1. The van der Waals surface area contributed by atoms with E-state index in [0.717, 1.165) is 15.2 Å². The minimum atomic E-state index is -0.164. The Labute approximate surface area is 150 Å². The standard InChI is InChI=1S/C19H19N3O2S/c23-17(10-12-21-19(24)14-6-2-1-3-7-14)20-13-11-18-22-15-8-4-5-9-16(15)25-18/h1-9H,10-13H2,(H,20,23)(H,21,24). The van der Waals surface area contributed by atoms with E-state index in [1.54, 1.807) is 23.5 Å². The zero-order valence-electron chi connectivity index (χ0n) is 13.7. The largest absolute Gasteiger partial charge is 0.356 e. The maximum absolute atomic E-state index is 11.9. The summed E-state index contributed by atoms with van der Waals surface area (Å²) in [5.41, 5.74) is 1.59. The SMILES string of the molecule is O=C(CCNC(=O)c1ccccc1)NCCc1nc2ccccc2s1. The zero-order chi connectivity index (χ0) is 17.5. The fourth-order valence-corrected chi connectivity index (χ4v) is 3.37. The summed E-state index contributed by atoms with van der Waals surface area (Å²) in [5.74, 6) is -0.239. The average molecular weight is 353 g/mol. The molecule has 128 valence electrons. The lowest BCUT2D eigenvalue weighted by atomic mass is 10.2. The topological polar surface area (TPSA) is 71.1 Å². The van der Waals surface area contributed by atoms with Crippen LogP contribution < -0.4 is 10.6 Å². The highest BCUT2D eigenvalue weighted by Gasteiger charge is 2.07. The Morgan fingerprint density at radius 1 is 0.920 bits per heavy atom. The number of para-hydroxylation sites is 1. The predicted molar refractivity (Wildman–Crippen MR) is 99.7 cm³/mol. The van der Waals surface area contributed by atoms with Gasteiger partial charge in [-0.25, -0.2) is 4.98 Å². The van der Waals surface area contributed by atoms with Crippen molar-refractivity contribution in [2.24, 2.45) is 0 Å². The molecule has 2 N–H and O–H groups in total. The third kappa shape index (κ3) is 4.87. The molecule has 0 aliphatic heterocycles. The van der Waals surface area contributed by atoms with E-state index >= 15 is 0 Å². The lowest BCUT2D eigenvalue weighted by Crippen LogP contribution is -2.31. The van der Waals surface area contributed by atoms with Crippen molar-refractivity contribution in [2.75, 3.05) is 13.1 Å². The second-order valence-corrected chi connectivity index (χ2v) is 6.66. The minimum Gasteiger partial charge on any atom is -0.356 e. The monoisotopic (exact) mass is 353 g/mol. The molecule has 1 heterocycles. The van der Waals surface area contributed by atoms with Crippen LogP contribution in [0.15, 0.2) is 54.6 Å². The molecule has 25 heavy (non-hydrogen) atoms. The molecular weight excluding hydrogens is 334 g/mol. The lowest BCUT2D eigenvalue weighted by molar-refractivity contribution is -0.120. The molecular formula is C19H19N3O2S. The summed E-state index contributed by atoms with van der Waals surface area (Å²) in [7, 11) is 0. The first-order chi connectivity index (χ1) is 12.2. The van der Waals surface area contributed by atoms with Crippen molar-refractivity contribution in [2.45, 2.75) is 12.8 Å². The third-order valence-corrected chi connectivity index (χ3v) is 4.77. The number of carbonyl (C=O) groups is 2. The fourth-order valence-electron chi connectivity index (χ4n) is 2.41. The Balaban J connectivity index is 1.36. The first-order valence-electron chi connectivity index (χ1n) is 8.17. The highest BCUT2D eigenvalue weighted by atomic mass is 32.1. The first-order valence-corrected chi connectivity index (χ1v) is 8.98. The van der Waals surface area contributed by atoms with Gasteiger partial charge in [0.1, 0.15) is 0 Å². The molecule has 0 saturated carbocycles. The minimum absolute atomic E-state index is 0.0746. The number of rotatable bonds is 7. The van der Waals surface area contributed by atoms with Crippen LogP contribution in [0.4, 0.5) is 0 Å². The van der Waals surface area contributed by atoms with Gasteiger partial charge in [0.15, 0.2) is 0 Å². The molecule has 0 aliphatic carbocycles. The van der Waals surface area contributed by atoms with E-state index < -0.39 is 0 Å². The molecule has 0 spiro atoms. The van der Waals surface area contributed by atoms with Gasteiger partial charge in [0.05, 0.1) is 15.2 Å². The molecule has 0 fully saturated rings. The molecule has 2 aromatic carbocycles. The molecule has 2 amide bonds. The summed E-state index contributed by atoms with van der Waals surface area (Å²) in [6.07, 6.45) is 0.972. The van der Waals surface area contributed by atoms with Crippen LogP contribution >= 0.6 is 11.3 Å². The Kier molecular flexibility index (Phi) is 5.74. The predicted octanol–water partition coefficient (Wildman–Crippen LogP) is 2.78. The lowest BCUT2D eigenvalue weighted by Gasteiger charge is -2.06. The van der Waals surface area contributed by atoms with Crippen molar-refractivity contribution < 1.29 is 9.59 Å². The first kappa shape index (κ1) is 17.1. The number of aromatic nitrogens is 1. The van der Waals surface area contributed by atoms with Crippen LogP contribution in [-0.4, -0.2) is 29.9 Å². The van der Waals surface area contributed by atoms with E-state index in [1.165, 1.54) is 0 Å². The molecule has 0 aliphatic rings. The zero-order valence-corrected chi connectivity index (χ0v) is 14.5. The Morgan fingerprint density at radius 2 is 1.68 bits per heavy atom. The molecule has 3 aromatic rings. The second kappa shape index (κ2) is 8.39. The van der Waals surface area contributed by atoms with Gasteiger partial charge >= 0.3 is 0 Å². The number of nitrogens with zero attached hydrogens (tertiary/aromatic N) is 1. The van der Waals surface area contributed by atoms with Crippen LogP contribution in [0.3, 0.4) is 0 Å². The van der Waals surface area contributed by atoms with E-state index in [9.17, 15) is 9.59 Å². The van der Waals surface area contributed by atoms with Crippen molar-refractivity contribution in [3.05, 3.63) is 65.2 Å². The summed E-state index contributed by atoms with van der Waals surface area (Å²) in [4.78, 5) is 28.2. The quantitative estimate of drug-likeness (QED) is 0.686. The molecule has 0 unspecified atom stereocenters. The van der Waals surface area contributed by atoms with Gasteiger partial charge in [0, 0.05) is 31.5 Å². The van der Waals surface area contributed by atoms with Crippen molar-refractivity contribution >= 4 is 33.4 Å². The summed E-state index contributed by atoms with van der Waals surface area (Å²) >= 11 is 1.65. The Bertz CT molecular complexity index is 828. The van der Waals surface area contributed by atoms with E-state index in [4.69, 9.17) is 0 Å². The van der Waals surface area contributed by atoms with Crippen molar-refractivity contribution in [3.8, 4) is 0 Å². The van der Waals surface area contributed by atoms with Gasteiger partial charge in [0.2, 0.25) is 5.91 Å². The number of benzene rings is 2. The van der Waals surface area contributed by atoms with E-state index in [1.807, 2.05) is 42.5 Å². The normalized spacial score (nSPS) is 10.6. The smallest absolute Gasteiger partial charge is 0.251 e. The number of hydrogen-bond acceptors (Lipinski definition) is 4. The van der Waals surface area contributed by atoms with Gasteiger partial charge in [-0.1, -0.05) is 30.3 Å². The highest BCUT2D eigenvalue weighted by Crippen LogP contribution is 2.21. The maximum atomic E-state index is 11.9. The Hall–Kier alpha value is -2.73. The van der Waals surface area contributed by atoms with Crippen LogP contribution in [0.1, 0.15) is 21.8 Å². The number of amides is 2. The van der Waals surface area contributed by atoms with E-state index in [0.29, 0.717) is 25.1 Å². The molecule has 1 aromatic heterocycles. The summed E-state index contributed by atoms with van der Waals surface area (Å²) < 4.78 is 1.16. The average Bonchev–Trinajstić information content (AvgIpc) is 3.05. The van der Waals surface area contributed by atoms with Gasteiger partial charge < -0.3 is 10.6 Å². The van der Waals surface area contributed by atoms with Crippen molar-refractivity contribution in [1.82, 2.24) is 15.6 Å². The van der Waals surface area contributed by atoms with Crippen LogP contribution in [0, 0.1) is 0 Å².